The third kappa shape index (κ3) is 2.75. The summed E-state index contributed by atoms with van der Waals surface area (Å²) in [6.45, 7) is 3.78. The largest absolute Gasteiger partial charge is 0.307 e. The number of nitriles is 1. The molecular weight excluding hydrogens is 338 g/mol. The van der Waals surface area contributed by atoms with Gasteiger partial charge in [-0.2, -0.15) is 5.26 Å². The molecule has 6 heteroatoms. The lowest BCUT2D eigenvalue weighted by Crippen LogP contribution is -2.36. The van der Waals surface area contributed by atoms with Gasteiger partial charge in [0.25, 0.3) is 5.56 Å². The first-order valence-electron chi connectivity index (χ1n) is 8.52. The van der Waals surface area contributed by atoms with Crippen LogP contribution in [0.1, 0.15) is 16.7 Å². The minimum absolute atomic E-state index is 0.214. The van der Waals surface area contributed by atoms with E-state index < -0.39 is 0 Å². The maximum absolute atomic E-state index is 13.1. The van der Waals surface area contributed by atoms with Crippen LogP contribution < -0.4 is 21.6 Å². The van der Waals surface area contributed by atoms with Gasteiger partial charge in [0.2, 0.25) is 0 Å². The van der Waals surface area contributed by atoms with Gasteiger partial charge in [-0.25, -0.2) is 4.98 Å². The molecule has 27 heavy (non-hydrogen) atoms. The van der Waals surface area contributed by atoms with Crippen molar-refractivity contribution in [1.29, 1.82) is 5.26 Å². The molecule has 132 valence electrons. The number of fused-ring (bicyclic) bond motifs is 3. The van der Waals surface area contributed by atoms with Crippen molar-refractivity contribution in [3.05, 3.63) is 80.8 Å². The molecule has 0 bridgehead atoms. The van der Waals surface area contributed by atoms with Gasteiger partial charge >= 0.3 is 0 Å². The van der Waals surface area contributed by atoms with Crippen molar-refractivity contribution in [1.82, 2.24) is 14.8 Å². The molecular formula is C21H17N5O. The van der Waals surface area contributed by atoms with Gasteiger partial charge in [-0.15, -0.1) is 0 Å². The fourth-order valence-corrected chi connectivity index (χ4v) is 3.11. The Bertz CT molecular complexity index is 1310. The predicted octanol–water partition coefficient (Wildman–Crippen LogP) is 2.41. The average molecular weight is 355 g/mol. The van der Waals surface area contributed by atoms with Crippen LogP contribution in [0.2, 0.25) is 0 Å². The maximum Gasteiger partial charge on any atom is 0.265 e. The van der Waals surface area contributed by atoms with E-state index in [1.165, 1.54) is 9.96 Å². The Hall–Kier alpha value is -3.85. The Morgan fingerprint density at radius 2 is 1.85 bits per heavy atom. The van der Waals surface area contributed by atoms with Crippen molar-refractivity contribution in [3.8, 4) is 6.07 Å². The van der Waals surface area contributed by atoms with Crippen LogP contribution in [0.5, 0.6) is 0 Å². The van der Waals surface area contributed by atoms with E-state index in [9.17, 15) is 10.1 Å². The number of benzene rings is 2. The van der Waals surface area contributed by atoms with Gasteiger partial charge in [0, 0.05) is 6.20 Å². The lowest BCUT2D eigenvalue weighted by atomic mass is 10.1. The number of anilines is 1. The summed E-state index contributed by atoms with van der Waals surface area (Å²) >= 11 is 0. The molecule has 0 unspecified atom stereocenters. The van der Waals surface area contributed by atoms with Crippen LogP contribution in [-0.4, -0.2) is 9.38 Å². The summed E-state index contributed by atoms with van der Waals surface area (Å²) in [6.07, 6.45) is 1.59. The highest BCUT2D eigenvalue weighted by atomic mass is 16.1. The predicted molar refractivity (Wildman–Crippen MR) is 106 cm³/mol. The Kier molecular flexibility index (Phi) is 3.98. The number of imidazole rings is 1. The molecule has 4 rings (SSSR count). The Balaban J connectivity index is 1.87. The number of hydrogen-bond donors (Lipinski definition) is 2. The van der Waals surface area contributed by atoms with Crippen molar-refractivity contribution in [2.45, 2.75) is 13.8 Å². The van der Waals surface area contributed by atoms with Crippen molar-refractivity contribution >= 4 is 28.6 Å². The number of aromatic nitrogens is 2. The fourth-order valence-electron chi connectivity index (χ4n) is 3.11. The number of nitrogens with one attached hydrogen (secondary N) is 2. The van der Waals surface area contributed by atoms with Crippen LogP contribution in [0.4, 0.5) is 5.69 Å². The first-order chi connectivity index (χ1) is 13.1. The lowest BCUT2D eigenvalue weighted by molar-refractivity contribution is 1.06. The number of para-hydroxylation sites is 2. The Labute approximate surface area is 155 Å². The minimum atomic E-state index is -0.214. The molecule has 0 spiro atoms. The highest BCUT2D eigenvalue weighted by Gasteiger charge is 2.15. The summed E-state index contributed by atoms with van der Waals surface area (Å²) < 4.78 is 1.50. The van der Waals surface area contributed by atoms with E-state index >= 15 is 0 Å². The van der Waals surface area contributed by atoms with E-state index in [2.05, 4.69) is 21.9 Å². The topological polar surface area (TPSA) is 82.2 Å². The third-order valence-electron chi connectivity index (χ3n) is 4.59. The number of hydrogen-bond acceptors (Lipinski definition) is 5. The second-order valence-electron chi connectivity index (χ2n) is 6.37. The molecule has 0 fully saturated rings. The van der Waals surface area contributed by atoms with Crippen LogP contribution in [0.3, 0.4) is 0 Å². The number of aryl methyl sites for hydroxylation is 1. The summed E-state index contributed by atoms with van der Waals surface area (Å²) in [7, 11) is 0. The summed E-state index contributed by atoms with van der Waals surface area (Å²) in [6, 6.07) is 17.4. The summed E-state index contributed by atoms with van der Waals surface area (Å²) in [4.78, 5) is 17.6. The molecule has 0 aliphatic rings. The quantitative estimate of drug-likeness (QED) is 0.552. The van der Waals surface area contributed by atoms with Gasteiger partial charge in [-0.1, -0.05) is 29.8 Å². The fraction of sp³-hybridized carbons (Fsp3) is 0.0952. The average Bonchev–Trinajstić information content (AvgIpc) is 3.05. The zero-order chi connectivity index (χ0) is 19.0. The smallest absolute Gasteiger partial charge is 0.265 e. The number of pyridine rings is 1. The highest BCUT2D eigenvalue weighted by molar-refractivity contribution is 5.82. The van der Waals surface area contributed by atoms with Gasteiger partial charge < -0.3 is 10.9 Å². The first-order valence-corrected chi connectivity index (χ1v) is 8.52. The molecule has 0 radical (unpaired) electrons. The molecule has 6 nitrogen and oxygen atoms in total. The van der Waals surface area contributed by atoms with Gasteiger partial charge in [0.05, 0.1) is 27.5 Å². The lowest BCUT2D eigenvalue weighted by Gasteiger charge is -2.07. The molecule has 0 saturated heterocycles. The van der Waals surface area contributed by atoms with E-state index in [1.807, 2.05) is 55.5 Å². The van der Waals surface area contributed by atoms with Crippen LogP contribution in [0.25, 0.3) is 22.9 Å². The van der Waals surface area contributed by atoms with Crippen LogP contribution >= 0.6 is 0 Å². The molecule has 0 saturated carbocycles. The zero-order valence-electron chi connectivity index (χ0n) is 14.9. The normalized spacial score (nSPS) is 11.7. The van der Waals surface area contributed by atoms with Crippen LogP contribution in [-0.2, 0) is 0 Å². The molecule has 2 heterocycles. The first kappa shape index (κ1) is 16.6. The van der Waals surface area contributed by atoms with Crippen molar-refractivity contribution < 1.29 is 0 Å². The van der Waals surface area contributed by atoms with Crippen molar-refractivity contribution in [3.63, 3.8) is 0 Å². The van der Waals surface area contributed by atoms with E-state index in [0.717, 1.165) is 5.69 Å². The summed E-state index contributed by atoms with van der Waals surface area (Å²) in [5, 5.41) is 10.0. The van der Waals surface area contributed by atoms with Gasteiger partial charge in [-0.05, 0) is 43.7 Å². The minimum Gasteiger partial charge on any atom is -0.307 e. The molecule has 0 amide bonds. The van der Waals surface area contributed by atoms with Gasteiger partial charge in [0.15, 0.2) is 5.65 Å². The SMILES string of the molecule is Cc1ccc(NN/C=c2/c(C)c(C#N)c3nc4ccccc4n3c2=O)cc1. The van der Waals surface area contributed by atoms with E-state index in [1.54, 1.807) is 13.1 Å². The van der Waals surface area contributed by atoms with Crippen LogP contribution in [0.15, 0.2) is 53.3 Å². The number of rotatable bonds is 3. The van der Waals surface area contributed by atoms with E-state index in [-0.39, 0.29) is 5.56 Å². The maximum atomic E-state index is 13.1. The highest BCUT2D eigenvalue weighted by Crippen LogP contribution is 2.17. The Morgan fingerprint density at radius 3 is 2.59 bits per heavy atom. The van der Waals surface area contributed by atoms with Gasteiger partial charge in [0.1, 0.15) is 6.07 Å². The molecule has 2 N–H and O–H groups in total. The molecule has 0 aliphatic carbocycles. The zero-order valence-corrected chi connectivity index (χ0v) is 14.9. The number of nitrogens with zero attached hydrogens (tertiary/aromatic N) is 3. The van der Waals surface area contributed by atoms with E-state index in [0.29, 0.717) is 33.0 Å². The molecule has 0 atom stereocenters. The summed E-state index contributed by atoms with van der Waals surface area (Å²) in [5.74, 6) is 0. The molecule has 4 aromatic rings. The van der Waals surface area contributed by atoms with Crippen molar-refractivity contribution in [2.75, 3.05) is 5.43 Å². The third-order valence-corrected chi connectivity index (χ3v) is 4.59. The second kappa shape index (κ2) is 6.46. The monoisotopic (exact) mass is 355 g/mol. The van der Waals surface area contributed by atoms with Crippen LogP contribution in [0, 0.1) is 25.2 Å². The molecule has 2 aromatic heterocycles. The molecule has 2 aromatic carbocycles. The van der Waals surface area contributed by atoms with E-state index in [4.69, 9.17) is 0 Å². The van der Waals surface area contributed by atoms with Gasteiger partial charge in [-0.3, -0.25) is 9.20 Å². The molecule has 0 aliphatic heterocycles. The van der Waals surface area contributed by atoms with Crippen molar-refractivity contribution in [2.24, 2.45) is 0 Å². The second-order valence-corrected chi connectivity index (χ2v) is 6.37. The Morgan fingerprint density at radius 1 is 1.11 bits per heavy atom. The standard InChI is InChI=1S/C21H17N5O/c1-13-7-9-15(10-8-13)25-23-12-17-14(2)16(11-22)20-24-18-5-3-4-6-19(18)26(20)21(17)27/h3-10,12,23,25H,1-2H3/b17-12-. The number of hydrazine groups is 1. The summed E-state index contributed by atoms with van der Waals surface area (Å²) in [5.41, 5.74) is 10.6.